The van der Waals surface area contributed by atoms with Gasteiger partial charge in [-0.1, -0.05) is 18.2 Å². The van der Waals surface area contributed by atoms with Gasteiger partial charge in [0, 0.05) is 11.4 Å². The molecule has 0 bridgehead atoms. The molecule has 1 amide bonds. The van der Waals surface area contributed by atoms with Crippen LogP contribution in [0.4, 0.5) is 10.1 Å². The number of nitrogens with one attached hydrogen (secondary N) is 1. The molecule has 0 saturated carbocycles. The molecule has 2 rings (SSSR count). The number of hydrogen-bond acceptors (Lipinski definition) is 4. The van der Waals surface area contributed by atoms with Gasteiger partial charge in [-0.2, -0.15) is 0 Å². The zero-order chi connectivity index (χ0) is 19.0. The van der Waals surface area contributed by atoms with Crippen LogP contribution in [0.15, 0.2) is 59.5 Å². The molecule has 26 heavy (non-hydrogen) atoms. The number of carbonyl (C=O) groups is 1. The van der Waals surface area contributed by atoms with Crippen molar-refractivity contribution >= 4 is 33.4 Å². The highest BCUT2D eigenvalue weighted by atomic mass is 32.2. The van der Waals surface area contributed by atoms with E-state index in [9.17, 15) is 17.6 Å². The molecule has 1 N–H and O–H groups in total. The summed E-state index contributed by atoms with van der Waals surface area (Å²) in [6.07, 6.45) is 1.78. The van der Waals surface area contributed by atoms with Crippen LogP contribution in [0, 0.1) is 5.82 Å². The molecular weight excluding hydrogens is 375 g/mol. The van der Waals surface area contributed by atoms with E-state index < -0.39 is 21.7 Å². The second-order valence-corrected chi connectivity index (χ2v) is 8.69. The van der Waals surface area contributed by atoms with Crippen molar-refractivity contribution in [2.24, 2.45) is 0 Å². The third-order valence-corrected chi connectivity index (χ3v) is 5.70. The molecule has 0 unspecified atom stereocenters. The molecule has 8 heteroatoms. The van der Waals surface area contributed by atoms with Crippen LogP contribution in [0.1, 0.15) is 6.42 Å². The minimum absolute atomic E-state index is 0.253. The fourth-order valence-electron chi connectivity index (χ4n) is 2.20. The van der Waals surface area contributed by atoms with Gasteiger partial charge < -0.3 is 5.32 Å². The Kier molecular flexibility index (Phi) is 7.47. The monoisotopic (exact) mass is 396 g/mol. The standard InChI is InChI=1S/C18H21FN2O3S2/c1-26(23,24)21(16-10-8-15(19)9-11-16)14-18(22)20-12-5-13-25-17-6-3-2-4-7-17/h2-4,6-11H,5,12-14H2,1H3,(H,20,22). The molecule has 0 radical (unpaired) electrons. The topological polar surface area (TPSA) is 66.5 Å². The van der Waals surface area contributed by atoms with Gasteiger partial charge in [0.05, 0.1) is 11.9 Å². The van der Waals surface area contributed by atoms with Crippen LogP contribution in [0.3, 0.4) is 0 Å². The molecule has 0 aliphatic carbocycles. The highest BCUT2D eigenvalue weighted by molar-refractivity contribution is 7.99. The average molecular weight is 397 g/mol. The van der Waals surface area contributed by atoms with Crippen LogP contribution in [-0.2, 0) is 14.8 Å². The van der Waals surface area contributed by atoms with E-state index in [-0.39, 0.29) is 12.2 Å². The van der Waals surface area contributed by atoms with Crippen LogP contribution < -0.4 is 9.62 Å². The first-order chi connectivity index (χ1) is 12.4. The second kappa shape index (κ2) is 9.59. The fourth-order valence-corrected chi connectivity index (χ4v) is 3.93. The van der Waals surface area contributed by atoms with Crippen molar-refractivity contribution in [1.82, 2.24) is 5.32 Å². The minimum Gasteiger partial charge on any atom is -0.354 e. The molecular formula is C18H21FN2O3S2. The second-order valence-electron chi connectivity index (χ2n) is 5.61. The summed E-state index contributed by atoms with van der Waals surface area (Å²) < 4.78 is 37.8. The number of hydrogen-bond donors (Lipinski definition) is 1. The molecule has 0 heterocycles. The first-order valence-corrected chi connectivity index (χ1v) is 10.9. The van der Waals surface area contributed by atoms with E-state index in [2.05, 4.69) is 5.32 Å². The summed E-state index contributed by atoms with van der Waals surface area (Å²) in [7, 11) is -3.65. The number of sulfonamides is 1. The molecule has 0 aliphatic heterocycles. The Bertz CT molecular complexity index is 812. The van der Waals surface area contributed by atoms with E-state index in [0.717, 1.165) is 34.9 Å². The quantitative estimate of drug-likeness (QED) is 0.523. The number of nitrogens with zero attached hydrogens (tertiary/aromatic N) is 1. The SMILES string of the molecule is CS(=O)(=O)N(CC(=O)NCCCSc1ccccc1)c1ccc(F)cc1. The summed E-state index contributed by atoms with van der Waals surface area (Å²) in [4.78, 5) is 13.2. The van der Waals surface area contributed by atoms with E-state index in [1.165, 1.54) is 17.0 Å². The number of benzene rings is 2. The van der Waals surface area contributed by atoms with Gasteiger partial charge >= 0.3 is 0 Å². The van der Waals surface area contributed by atoms with Crippen molar-refractivity contribution in [3.8, 4) is 0 Å². The molecule has 0 fully saturated rings. The van der Waals surface area contributed by atoms with E-state index in [1.54, 1.807) is 11.8 Å². The van der Waals surface area contributed by atoms with E-state index in [0.29, 0.717) is 6.54 Å². The number of anilines is 1. The molecule has 0 spiro atoms. The molecule has 0 atom stereocenters. The summed E-state index contributed by atoms with van der Waals surface area (Å²) in [5.41, 5.74) is 0.253. The summed E-state index contributed by atoms with van der Waals surface area (Å²) in [6.45, 7) is 0.121. The predicted octanol–water partition coefficient (Wildman–Crippen LogP) is 2.89. The molecule has 5 nitrogen and oxygen atoms in total. The van der Waals surface area contributed by atoms with Crippen LogP contribution in [0.25, 0.3) is 0 Å². The number of carbonyl (C=O) groups excluding carboxylic acids is 1. The highest BCUT2D eigenvalue weighted by Crippen LogP contribution is 2.18. The van der Waals surface area contributed by atoms with Gasteiger partial charge in [-0.3, -0.25) is 9.10 Å². The Balaban J connectivity index is 1.81. The Morgan fingerprint density at radius 3 is 2.38 bits per heavy atom. The number of amides is 1. The predicted molar refractivity (Wildman–Crippen MR) is 103 cm³/mol. The molecule has 0 aliphatic rings. The third kappa shape index (κ3) is 6.68. The van der Waals surface area contributed by atoms with Crippen LogP contribution in [-0.4, -0.2) is 39.4 Å². The molecule has 140 valence electrons. The molecule has 0 aromatic heterocycles. The normalized spacial score (nSPS) is 11.2. The Morgan fingerprint density at radius 1 is 1.12 bits per heavy atom. The molecule has 2 aromatic carbocycles. The van der Waals surface area contributed by atoms with Crippen molar-refractivity contribution in [1.29, 1.82) is 0 Å². The third-order valence-electron chi connectivity index (χ3n) is 3.46. The maximum absolute atomic E-state index is 13.0. The minimum atomic E-state index is -3.65. The average Bonchev–Trinajstić information content (AvgIpc) is 2.60. The number of halogens is 1. The van der Waals surface area contributed by atoms with Crippen molar-refractivity contribution in [3.05, 3.63) is 60.4 Å². The maximum Gasteiger partial charge on any atom is 0.240 e. The van der Waals surface area contributed by atoms with Crippen LogP contribution in [0.2, 0.25) is 0 Å². The van der Waals surface area contributed by atoms with E-state index >= 15 is 0 Å². The molecule has 2 aromatic rings. The highest BCUT2D eigenvalue weighted by Gasteiger charge is 2.20. The van der Waals surface area contributed by atoms with E-state index in [1.807, 2.05) is 30.3 Å². The smallest absolute Gasteiger partial charge is 0.240 e. The maximum atomic E-state index is 13.0. The van der Waals surface area contributed by atoms with Crippen molar-refractivity contribution < 1.29 is 17.6 Å². The van der Waals surface area contributed by atoms with Gasteiger partial charge in [-0.25, -0.2) is 12.8 Å². The number of thioether (sulfide) groups is 1. The largest absolute Gasteiger partial charge is 0.354 e. The van der Waals surface area contributed by atoms with Crippen molar-refractivity contribution in [2.75, 3.05) is 29.4 Å². The lowest BCUT2D eigenvalue weighted by Gasteiger charge is -2.21. The lowest BCUT2D eigenvalue weighted by molar-refractivity contribution is -0.119. The zero-order valence-corrected chi connectivity index (χ0v) is 16.0. The van der Waals surface area contributed by atoms with Gasteiger partial charge in [-0.05, 0) is 48.6 Å². The first kappa shape index (κ1) is 20.3. The summed E-state index contributed by atoms with van der Waals surface area (Å²) in [5.74, 6) is -0.0232. The summed E-state index contributed by atoms with van der Waals surface area (Å²) in [6, 6.07) is 14.9. The van der Waals surface area contributed by atoms with Gasteiger partial charge in [0.15, 0.2) is 0 Å². The van der Waals surface area contributed by atoms with E-state index in [4.69, 9.17) is 0 Å². The van der Waals surface area contributed by atoms with Gasteiger partial charge in [0.1, 0.15) is 12.4 Å². The van der Waals surface area contributed by atoms with Crippen molar-refractivity contribution in [3.63, 3.8) is 0 Å². The lowest BCUT2D eigenvalue weighted by Crippen LogP contribution is -2.40. The summed E-state index contributed by atoms with van der Waals surface area (Å²) >= 11 is 1.70. The van der Waals surface area contributed by atoms with Gasteiger partial charge in [0.25, 0.3) is 0 Å². The van der Waals surface area contributed by atoms with Gasteiger partial charge in [0.2, 0.25) is 15.9 Å². The number of rotatable bonds is 9. The van der Waals surface area contributed by atoms with Crippen LogP contribution in [0.5, 0.6) is 0 Å². The lowest BCUT2D eigenvalue weighted by atomic mass is 10.3. The van der Waals surface area contributed by atoms with Gasteiger partial charge in [-0.15, -0.1) is 11.8 Å². The Morgan fingerprint density at radius 2 is 1.77 bits per heavy atom. The summed E-state index contributed by atoms with van der Waals surface area (Å²) in [5, 5.41) is 2.72. The zero-order valence-electron chi connectivity index (χ0n) is 14.4. The first-order valence-electron chi connectivity index (χ1n) is 8.04. The van der Waals surface area contributed by atoms with Crippen molar-refractivity contribution in [2.45, 2.75) is 11.3 Å². The Hall–Kier alpha value is -2.06. The van der Waals surface area contributed by atoms with Crippen LogP contribution >= 0.6 is 11.8 Å². The fraction of sp³-hybridized carbons (Fsp3) is 0.278. The Labute approximate surface area is 157 Å². The molecule has 0 saturated heterocycles.